The highest BCUT2D eigenvalue weighted by Gasteiger charge is 2.42. The van der Waals surface area contributed by atoms with Crippen LogP contribution in [0, 0.1) is 0 Å². The van der Waals surface area contributed by atoms with Crippen molar-refractivity contribution in [3.63, 3.8) is 0 Å². The van der Waals surface area contributed by atoms with Gasteiger partial charge in [0.1, 0.15) is 5.82 Å². The third kappa shape index (κ3) is 5.35. The van der Waals surface area contributed by atoms with E-state index in [-0.39, 0.29) is 18.4 Å². The number of amides is 1. The molecule has 43 heavy (non-hydrogen) atoms. The molecule has 0 bridgehead atoms. The third-order valence-electron chi connectivity index (χ3n) is 7.63. The molecule has 0 saturated heterocycles. The number of nitrogens with zero attached hydrogens (tertiary/aromatic N) is 5. The number of nitrogens with one attached hydrogen (secondary N) is 2. The van der Waals surface area contributed by atoms with Gasteiger partial charge in [0, 0.05) is 48.0 Å². The Balaban J connectivity index is 1.35. The number of aliphatic hydroxyl groups is 1. The first-order valence-corrected chi connectivity index (χ1v) is 13.9. The Labute approximate surface area is 249 Å². The van der Waals surface area contributed by atoms with Crippen LogP contribution in [0.2, 0.25) is 0 Å². The van der Waals surface area contributed by atoms with Gasteiger partial charge in [-0.1, -0.05) is 41.6 Å². The van der Waals surface area contributed by atoms with Crippen LogP contribution in [0.25, 0.3) is 22.8 Å². The minimum atomic E-state index is -0.489. The first kappa shape index (κ1) is 27.8. The number of benzene rings is 2. The lowest BCUT2D eigenvalue weighted by Gasteiger charge is -2.31. The van der Waals surface area contributed by atoms with Crippen LogP contribution in [-0.2, 0) is 5.54 Å². The predicted octanol–water partition coefficient (Wildman–Crippen LogP) is 5.96. The highest BCUT2D eigenvalue weighted by atomic mass is 16.5. The average Bonchev–Trinajstić information content (AvgIpc) is 3.59. The van der Waals surface area contributed by atoms with E-state index in [2.05, 4.69) is 37.3 Å². The normalized spacial score (nSPS) is 14.3. The van der Waals surface area contributed by atoms with E-state index in [1.54, 1.807) is 36.8 Å². The van der Waals surface area contributed by atoms with E-state index in [1.165, 1.54) is 0 Å². The summed E-state index contributed by atoms with van der Waals surface area (Å²) in [5.41, 5.74) is 4.80. The van der Waals surface area contributed by atoms with Crippen LogP contribution in [-0.4, -0.2) is 49.2 Å². The van der Waals surface area contributed by atoms with Gasteiger partial charge >= 0.3 is 0 Å². The molecular formula is C33H31N7O3. The van der Waals surface area contributed by atoms with Crippen molar-refractivity contribution in [2.45, 2.75) is 25.4 Å². The summed E-state index contributed by atoms with van der Waals surface area (Å²) in [6.07, 6.45) is 6.72. The van der Waals surface area contributed by atoms with E-state index in [0.29, 0.717) is 35.0 Å². The zero-order chi connectivity index (χ0) is 30.0. The van der Waals surface area contributed by atoms with E-state index in [1.807, 2.05) is 73.3 Å². The topological polar surface area (TPSA) is 129 Å². The molecule has 2 aromatic carbocycles. The smallest absolute Gasteiger partial charge is 0.261 e. The molecule has 0 saturated carbocycles. The largest absolute Gasteiger partial charge is 0.394 e. The van der Waals surface area contributed by atoms with Crippen molar-refractivity contribution < 1.29 is 14.4 Å². The van der Waals surface area contributed by atoms with E-state index in [9.17, 15) is 9.90 Å². The first-order chi connectivity index (χ1) is 20.9. The lowest BCUT2D eigenvalue weighted by Crippen LogP contribution is -2.39. The van der Waals surface area contributed by atoms with Crippen LogP contribution in [0.3, 0.4) is 0 Å². The molecule has 0 aliphatic carbocycles. The number of carbonyl (C=O) groups is 1. The molecule has 1 aliphatic rings. The van der Waals surface area contributed by atoms with Crippen molar-refractivity contribution in [1.82, 2.24) is 25.0 Å². The molecule has 1 amide bonds. The molecule has 3 aromatic heterocycles. The van der Waals surface area contributed by atoms with Gasteiger partial charge in [-0.25, -0.2) is 4.98 Å². The minimum Gasteiger partial charge on any atom is -0.394 e. The quantitative estimate of drug-likeness (QED) is 0.173. The lowest BCUT2D eigenvalue weighted by molar-refractivity contribution is 0.0652. The lowest BCUT2D eigenvalue weighted by atomic mass is 9.93. The number of rotatable bonds is 10. The van der Waals surface area contributed by atoms with Crippen molar-refractivity contribution in [2.75, 3.05) is 23.8 Å². The van der Waals surface area contributed by atoms with E-state index in [0.717, 1.165) is 22.4 Å². The highest BCUT2D eigenvalue weighted by molar-refractivity contribution is 6.00. The molecule has 1 atom stereocenters. The van der Waals surface area contributed by atoms with Gasteiger partial charge in [-0.15, -0.1) is 6.58 Å². The summed E-state index contributed by atoms with van der Waals surface area (Å²) in [6.45, 7) is 8.19. The van der Waals surface area contributed by atoms with Crippen LogP contribution < -0.4 is 10.6 Å². The molecule has 10 heteroatoms. The summed E-state index contributed by atoms with van der Waals surface area (Å²) < 4.78 is 5.65. The maximum absolute atomic E-state index is 13.0. The Morgan fingerprint density at radius 1 is 1.07 bits per heavy atom. The van der Waals surface area contributed by atoms with Crippen molar-refractivity contribution in [2.24, 2.45) is 0 Å². The number of pyridine rings is 2. The molecule has 1 aliphatic heterocycles. The van der Waals surface area contributed by atoms with Gasteiger partial charge < -0.3 is 25.2 Å². The van der Waals surface area contributed by atoms with Gasteiger partial charge in [-0.3, -0.25) is 9.78 Å². The first-order valence-electron chi connectivity index (χ1n) is 13.9. The van der Waals surface area contributed by atoms with Gasteiger partial charge in [-0.2, -0.15) is 4.98 Å². The van der Waals surface area contributed by atoms with Crippen LogP contribution in [0.4, 0.5) is 17.2 Å². The number of carbonyl (C=O) groups excluding carboxylic acids is 1. The predicted molar refractivity (Wildman–Crippen MR) is 165 cm³/mol. The summed E-state index contributed by atoms with van der Waals surface area (Å²) >= 11 is 0. The van der Waals surface area contributed by atoms with Gasteiger partial charge in [0.05, 0.1) is 29.4 Å². The molecular weight excluding hydrogens is 542 g/mol. The maximum atomic E-state index is 13.0. The maximum Gasteiger partial charge on any atom is 0.261 e. The highest BCUT2D eigenvalue weighted by Crippen LogP contribution is 2.40. The van der Waals surface area contributed by atoms with Crippen molar-refractivity contribution in [1.29, 1.82) is 0 Å². The Bertz CT molecular complexity index is 1770. The molecule has 6 rings (SSSR count). The number of aromatic nitrogens is 4. The fourth-order valence-electron chi connectivity index (χ4n) is 5.32. The molecule has 0 fully saturated rings. The van der Waals surface area contributed by atoms with Crippen LogP contribution >= 0.6 is 0 Å². The Hall–Kier alpha value is -5.35. The molecule has 3 N–H and O–H groups in total. The molecule has 0 radical (unpaired) electrons. The number of hydrogen-bond donors (Lipinski definition) is 3. The van der Waals surface area contributed by atoms with Crippen LogP contribution in [0.15, 0.2) is 102 Å². The molecule has 0 spiro atoms. The van der Waals surface area contributed by atoms with Gasteiger partial charge in [-0.05, 0) is 55.3 Å². The van der Waals surface area contributed by atoms with Gasteiger partial charge in [0.15, 0.2) is 0 Å². The molecule has 0 unspecified atom stereocenters. The van der Waals surface area contributed by atoms with E-state index < -0.39 is 11.6 Å². The SMILES string of the molecule is C=CCN1C(=O)c2ccc(Nc3cc(N[C@H](CO)c4ccccc4)c(-c4nc(-c5ccncc5)no4)cn3)cc2C1(C)C. The average molecular weight is 574 g/mol. The zero-order valence-corrected chi connectivity index (χ0v) is 23.9. The van der Waals surface area contributed by atoms with E-state index in [4.69, 9.17) is 4.52 Å². The second-order valence-corrected chi connectivity index (χ2v) is 10.7. The standard InChI is InChI=1S/C33H31N7O3/c1-4-16-40-32(42)24-11-10-23(17-26(24)33(40,2)3)36-29-18-27(37-28(20-41)21-8-6-5-7-9-21)25(19-35-29)31-38-30(39-43-31)22-12-14-34-15-13-22/h4-15,17-19,28,41H,1,16,20H2,2-3H3,(H2,35,36,37)/t28-/m1/s1. The Morgan fingerprint density at radius 2 is 1.86 bits per heavy atom. The number of aliphatic hydroxyl groups excluding tert-OH is 1. The van der Waals surface area contributed by atoms with Crippen LogP contribution in [0.5, 0.6) is 0 Å². The number of fused-ring (bicyclic) bond motifs is 1. The fraction of sp³-hybridized carbons (Fsp3) is 0.182. The summed E-state index contributed by atoms with van der Waals surface area (Å²) in [4.78, 5) is 28.1. The number of hydrogen-bond acceptors (Lipinski definition) is 9. The van der Waals surface area contributed by atoms with Gasteiger partial charge in [0.25, 0.3) is 11.8 Å². The molecule has 5 aromatic rings. The molecule has 216 valence electrons. The second kappa shape index (κ2) is 11.5. The fourth-order valence-corrected chi connectivity index (χ4v) is 5.32. The summed E-state index contributed by atoms with van der Waals surface area (Å²) in [5.74, 6) is 1.24. The van der Waals surface area contributed by atoms with Gasteiger partial charge in [0.2, 0.25) is 5.82 Å². The summed E-state index contributed by atoms with van der Waals surface area (Å²) in [7, 11) is 0. The third-order valence-corrected chi connectivity index (χ3v) is 7.63. The Kier molecular flexibility index (Phi) is 7.43. The second-order valence-electron chi connectivity index (χ2n) is 10.7. The number of anilines is 3. The zero-order valence-electron chi connectivity index (χ0n) is 23.9. The van der Waals surface area contributed by atoms with E-state index >= 15 is 0 Å². The van der Waals surface area contributed by atoms with Crippen LogP contribution in [0.1, 0.15) is 41.4 Å². The summed E-state index contributed by atoms with van der Waals surface area (Å²) in [5, 5.41) is 21.3. The summed E-state index contributed by atoms with van der Waals surface area (Å²) in [6, 6.07) is 20.4. The minimum absolute atomic E-state index is 0.0120. The van der Waals surface area contributed by atoms with Crippen molar-refractivity contribution in [3.05, 3.63) is 115 Å². The molecule has 4 heterocycles. The Morgan fingerprint density at radius 3 is 2.60 bits per heavy atom. The van der Waals surface area contributed by atoms with Crippen molar-refractivity contribution >= 4 is 23.1 Å². The monoisotopic (exact) mass is 573 g/mol. The molecule has 10 nitrogen and oxygen atoms in total. The van der Waals surface area contributed by atoms with Crippen molar-refractivity contribution in [3.8, 4) is 22.8 Å².